The van der Waals surface area contributed by atoms with E-state index < -0.39 is 7.60 Å². The summed E-state index contributed by atoms with van der Waals surface area (Å²) in [6.45, 7) is 0.615. The Hall–Kier alpha value is -2.34. The van der Waals surface area contributed by atoms with Gasteiger partial charge in [-0.2, -0.15) is 0 Å². The molecule has 2 aromatic carbocycles. The SMILES string of the molecule is Nc1cc(OCCCP(=O)(O)O)cc2c1CC(=O)N2Cc1ccccc1. The van der Waals surface area contributed by atoms with Crippen molar-refractivity contribution in [3.63, 3.8) is 0 Å². The predicted octanol–water partition coefficient (Wildman–Crippen LogP) is 2.30. The second-order valence-corrected chi connectivity index (χ2v) is 8.02. The zero-order valence-electron chi connectivity index (χ0n) is 14.2. The number of nitrogens with zero attached hydrogens (tertiary/aromatic N) is 1. The number of hydrogen-bond acceptors (Lipinski definition) is 4. The molecular weight excluding hydrogens is 355 g/mol. The molecule has 2 aromatic rings. The van der Waals surface area contributed by atoms with Gasteiger partial charge in [0.2, 0.25) is 5.91 Å². The molecule has 0 unspecified atom stereocenters. The molecule has 138 valence electrons. The molecule has 3 rings (SSSR count). The lowest BCUT2D eigenvalue weighted by Gasteiger charge is -2.19. The highest BCUT2D eigenvalue weighted by Gasteiger charge is 2.29. The summed E-state index contributed by atoms with van der Waals surface area (Å²) >= 11 is 0. The first kappa shape index (κ1) is 18.5. The molecule has 7 nitrogen and oxygen atoms in total. The molecule has 26 heavy (non-hydrogen) atoms. The van der Waals surface area contributed by atoms with E-state index in [1.54, 1.807) is 17.0 Å². The average Bonchev–Trinajstić information content (AvgIpc) is 2.89. The van der Waals surface area contributed by atoms with Crippen LogP contribution in [0.15, 0.2) is 42.5 Å². The van der Waals surface area contributed by atoms with Gasteiger partial charge in [-0.15, -0.1) is 0 Å². The van der Waals surface area contributed by atoms with Gasteiger partial charge in [-0.05, 0) is 12.0 Å². The van der Waals surface area contributed by atoms with E-state index in [-0.39, 0.29) is 31.5 Å². The van der Waals surface area contributed by atoms with Crippen molar-refractivity contribution in [2.45, 2.75) is 19.4 Å². The van der Waals surface area contributed by atoms with E-state index in [1.165, 1.54) is 0 Å². The fourth-order valence-corrected chi connectivity index (χ4v) is 3.49. The van der Waals surface area contributed by atoms with Gasteiger partial charge in [0.15, 0.2) is 0 Å². The number of carbonyl (C=O) groups excluding carboxylic acids is 1. The summed E-state index contributed by atoms with van der Waals surface area (Å²) in [4.78, 5) is 31.9. The Bertz CT molecular complexity index is 850. The minimum Gasteiger partial charge on any atom is -0.493 e. The average molecular weight is 376 g/mol. The molecule has 8 heteroatoms. The first-order valence-corrected chi connectivity index (χ1v) is 10.1. The number of nitrogens with two attached hydrogens (primary N) is 1. The molecule has 0 saturated heterocycles. The third-order valence-electron chi connectivity index (χ3n) is 4.20. The van der Waals surface area contributed by atoms with Gasteiger partial charge in [0.1, 0.15) is 5.75 Å². The molecule has 0 aromatic heterocycles. The van der Waals surface area contributed by atoms with E-state index in [4.69, 9.17) is 20.3 Å². The van der Waals surface area contributed by atoms with Gasteiger partial charge < -0.3 is 25.2 Å². The Morgan fingerprint density at radius 2 is 1.92 bits per heavy atom. The quantitative estimate of drug-likeness (QED) is 0.388. The highest BCUT2D eigenvalue weighted by molar-refractivity contribution is 7.51. The van der Waals surface area contributed by atoms with Gasteiger partial charge in [0.05, 0.1) is 31.4 Å². The summed E-state index contributed by atoms with van der Waals surface area (Å²) in [5, 5.41) is 0. The topological polar surface area (TPSA) is 113 Å². The summed E-state index contributed by atoms with van der Waals surface area (Å²) in [6.07, 6.45) is 0.256. The van der Waals surface area contributed by atoms with Gasteiger partial charge in [-0.25, -0.2) is 0 Å². The first-order valence-electron chi connectivity index (χ1n) is 8.27. The van der Waals surface area contributed by atoms with Crippen LogP contribution in [-0.4, -0.2) is 28.5 Å². The van der Waals surface area contributed by atoms with Crippen LogP contribution in [0.4, 0.5) is 11.4 Å². The van der Waals surface area contributed by atoms with Crippen molar-refractivity contribution < 1.29 is 23.9 Å². The lowest BCUT2D eigenvalue weighted by molar-refractivity contribution is -0.117. The van der Waals surface area contributed by atoms with E-state index >= 15 is 0 Å². The van der Waals surface area contributed by atoms with E-state index in [2.05, 4.69) is 0 Å². The molecule has 0 spiro atoms. The molecule has 1 amide bonds. The Morgan fingerprint density at radius 3 is 2.62 bits per heavy atom. The van der Waals surface area contributed by atoms with Crippen LogP contribution in [0, 0.1) is 0 Å². The van der Waals surface area contributed by atoms with Crippen molar-refractivity contribution in [1.29, 1.82) is 0 Å². The van der Waals surface area contributed by atoms with Gasteiger partial charge in [-0.1, -0.05) is 30.3 Å². The second kappa shape index (κ2) is 7.50. The number of benzene rings is 2. The molecule has 0 atom stereocenters. The van der Waals surface area contributed by atoms with Crippen LogP contribution in [0.5, 0.6) is 5.75 Å². The van der Waals surface area contributed by atoms with Gasteiger partial charge in [0.25, 0.3) is 0 Å². The fraction of sp³-hybridized carbons (Fsp3) is 0.278. The first-order chi connectivity index (χ1) is 12.3. The molecule has 0 fully saturated rings. The molecule has 0 saturated carbocycles. The van der Waals surface area contributed by atoms with Crippen molar-refractivity contribution in [2.24, 2.45) is 0 Å². The zero-order chi connectivity index (χ0) is 18.7. The number of nitrogen functional groups attached to an aromatic ring is 1. The van der Waals surface area contributed by atoms with Crippen LogP contribution in [0.3, 0.4) is 0 Å². The summed E-state index contributed by atoms with van der Waals surface area (Å²) in [6, 6.07) is 13.1. The van der Waals surface area contributed by atoms with Crippen LogP contribution in [0.25, 0.3) is 0 Å². The maximum atomic E-state index is 12.4. The summed E-state index contributed by atoms with van der Waals surface area (Å²) in [5.74, 6) is 0.467. The molecule has 1 aliphatic rings. The van der Waals surface area contributed by atoms with Crippen LogP contribution in [-0.2, 0) is 22.3 Å². The van der Waals surface area contributed by atoms with Crippen molar-refractivity contribution in [3.8, 4) is 5.75 Å². The Kier molecular flexibility index (Phi) is 5.32. The number of ether oxygens (including phenoxy) is 1. The minimum absolute atomic E-state index is 0.0193. The molecule has 4 N–H and O–H groups in total. The number of rotatable bonds is 7. The maximum absolute atomic E-state index is 12.4. The Balaban J connectivity index is 1.75. The fourth-order valence-electron chi connectivity index (χ4n) is 2.95. The van der Waals surface area contributed by atoms with E-state index in [0.717, 1.165) is 16.8 Å². The predicted molar refractivity (Wildman–Crippen MR) is 99.2 cm³/mol. The van der Waals surface area contributed by atoms with Gasteiger partial charge in [0, 0.05) is 23.4 Å². The highest BCUT2D eigenvalue weighted by atomic mass is 31.2. The lowest BCUT2D eigenvalue weighted by Crippen LogP contribution is -2.25. The number of carbonyl (C=O) groups is 1. The standard InChI is InChI=1S/C18H21N2O5P/c19-16-9-14(25-7-4-8-26(22,23)24)10-17-15(16)11-18(21)20(17)12-13-5-2-1-3-6-13/h1-3,5-6,9-10H,4,7-8,11-12,19H2,(H2,22,23,24). The van der Waals surface area contributed by atoms with Crippen LogP contribution >= 0.6 is 7.60 Å². The molecule has 0 bridgehead atoms. The zero-order valence-corrected chi connectivity index (χ0v) is 15.1. The highest BCUT2D eigenvalue weighted by Crippen LogP contribution is 2.38. The third kappa shape index (κ3) is 4.43. The third-order valence-corrected chi connectivity index (χ3v) is 5.10. The van der Waals surface area contributed by atoms with Crippen molar-refractivity contribution in [2.75, 3.05) is 23.4 Å². The molecular formula is C18H21N2O5P. The number of fused-ring (bicyclic) bond motifs is 1. The summed E-state index contributed by atoms with van der Waals surface area (Å²) in [7, 11) is -4.02. The van der Waals surface area contributed by atoms with Crippen molar-refractivity contribution >= 4 is 24.9 Å². The van der Waals surface area contributed by atoms with Crippen molar-refractivity contribution in [1.82, 2.24) is 0 Å². The minimum atomic E-state index is -4.02. The van der Waals surface area contributed by atoms with E-state index in [0.29, 0.717) is 18.0 Å². The Morgan fingerprint density at radius 1 is 1.19 bits per heavy atom. The number of amides is 1. The smallest absolute Gasteiger partial charge is 0.325 e. The van der Waals surface area contributed by atoms with Gasteiger partial charge >= 0.3 is 7.60 Å². The largest absolute Gasteiger partial charge is 0.493 e. The Labute approximate surface area is 151 Å². The van der Waals surface area contributed by atoms with Crippen LogP contribution < -0.4 is 15.4 Å². The van der Waals surface area contributed by atoms with Gasteiger partial charge in [-0.3, -0.25) is 9.36 Å². The number of anilines is 2. The maximum Gasteiger partial charge on any atom is 0.325 e. The lowest BCUT2D eigenvalue weighted by atomic mass is 10.1. The normalized spacial score (nSPS) is 13.8. The van der Waals surface area contributed by atoms with E-state index in [1.807, 2.05) is 30.3 Å². The molecule has 0 radical (unpaired) electrons. The van der Waals surface area contributed by atoms with Crippen molar-refractivity contribution in [3.05, 3.63) is 53.6 Å². The second-order valence-electron chi connectivity index (χ2n) is 6.24. The monoisotopic (exact) mass is 376 g/mol. The summed E-state index contributed by atoms with van der Waals surface area (Å²) < 4.78 is 16.5. The number of hydrogen-bond donors (Lipinski definition) is 3. The van der Waals surface area contributed by atoms with Crippen LogP contribution in [0.2, 0.25) is 0 Å². The molecule has 1 aliphatic heterocycles. The van der Waals surface area contributed by atoms with E-state index in [9.17, 15) is 9.36 Å². The molecule has 1 heterocycles. The summed E-state index contributed by atoms with van der Waals surface area (Å²) in [5.41, 5.74) is 9.09. The van der Waals surface area contributed by atoms with Crippen LogP contribution in [0.1, 0.15) is 17.5 Å². The molecule has 0 aliphatic carbocycles.